The Hall–Kier alpha value is -1.25. The summed E-state index contributed by atoms with van der Waals surface area (Å²) in [6.07, 6.45) is 0.818. The number of benzene rings is 2. The van der Waals surface area contributed by atoms with Crippen molar-refractivity contribution in [2.24, 2.45) is 0 Å². The van der Waals surface area contributed by atoms with Crippen molar-refractivity contribution < 1.29 is 9.13 Å². The molecule has 0 fully saturated rings. The van der Waals surface area contributed by atoms with Crippen LogP contribution in [-0.2, 0) is 0 Å². The average Bonchev–Trinajstić information content (AvgIpc) is 2.41. The fraction of sp³-hybridized carbons (Fsp3) is 0.250. The quantitative estimate of drug-likeness (QED) is 0.687. The Morgan fingerprint density at radius 3 is 2.45 bits per heavy atom. The van der Waals surface area contributed by atoms with Crippen LogP contribution in [0.5, 0.6) is 5.75 Å². The lowest BCUT2D eigenvalue weighted by atomic mass is 9.98. The number of halogens is 3. The van der Waals surface area contributed by atoms with E-state index in [-0.39, 0.29) is 11.7 Å². The zero-order valence-corrected chi connectivity index (χ0v) is 12.6. The summed E-state index contributed by atoms with van der Waals surface area (Å²) < 4.78 is 18.3. The first-order valence-corrected chi connectivity index (χ1v) is 7.15. The predicted octanol–water partition coefficient (Wildman–Crippen LogP) is 5.71. The Bertz CT molecular complexity index is 569. The lowest BCUT2D eigenvalue weighted by Crippen LogP contribution is -2.03. The van der Waals surface area contributed by atoms with Crippen LogP contribution in [0.2, 0.25) is 10.0 Å². The molecule has 0 N–H and O–H groups in total. The molecule has 0 aromatic heterocycles. The summed E-state index contributed by atoms with van der Waals surface area (Å²) in [5, 5.41) is 1.31. The molecule has 106 valence electrons. The molecule has 0 bridgehead atoms. The minimum atomic E-state index is -0.265. The lowest BCUT2D eigenvalue weighted by molar-refractivity contribution is 0.300. The van der Waals surface area contributed by atoms with Crippen LogP contribution in [-0.4, -0.2) is 6.61 Å². The van der Waals surface area contributed by atoms with Gasteiger partial charge in [0, 0.05) is 10.0 Å². The second kappa shape index (κ2) is 6.96. The third-order valence-corrected chi connectivity index (χ3v) is 3.69. The lowest BCUT2D eigenvalue weighted by Gasteiger charge is -2.14. The molecule has 0 heterocycles. The molecule has 1 unspecified atom stereocenters. The van der Waals surface area contributed by atoms with Gasteiger partial charge in [-0.1, -0.05) is 36.2 Å². The SMILES string of the molecule is CC(CCOc1ccc(F)cc1)c1ccc(Cl)cc1Cl. The van der Waals surface area contributed by atoms with Gasteiger partial charge in [0.1, 0.15) is 11.6 Å². The van der Waals surface area contributed by atoms with E-state index >= 15 is 0 Å². The van der Waals surface area contributed by atoms with Crippen molar-refractivity contribution in [2.45, 2.75) is 19.3 Å². The molecule has 1 nitrogen and oxygen atoms in total. The summed E-state index contributed by atoms with van der Waals surface area (Å²) in [6.45, 7) is 2.63. The van der Waals surface area contributed by atoms with Gasteiger partial charge in [-0.3, -0.25) is 0 Å². The van der Waals surface area contributed by atoms with Crippen LogP contribution in [0.4, 0.5) is 4.39 Å². The minimum absolute atomic E-state index is 0.264. The van der Waals surface area contributed by atoms with Gasteiger partial charge >= 0.3 is 0 Å². The Balaban J connectivity index is 1.88. The van der Waals surface area contributed by atoms with Gasteiger partial charge in [0.2, 0.25) is 0 Å². The van der Waals surface area contributed by atoms with Crippen LogP contribution in [0.15, 0.2) is 42.5 Å². The average molecular weight is 313 g/mol. The van der Waals surface area contributed by atoms with Crippen LogP contribution in [0, 0.1) is 5.82 Å². The normalized spacial score (nSPS) is 12.2. The summed E-state index contributed by atoms with van der Waals surface area (Å²) >= 11 is 12.0. The standard InChI is InChI=1S/C16H15Cl2FO/c1-11(15-7-2-12(17)10-16(15)18)8-9-20-14-5-3-13(19)4-6-14/h2-7,10-11H,8-9H2,1H3. The van der Waals surface area contributed by atoms with Crippen molar-refractivity contribution >= 4 is 23.2 Å². The highest BCUT2D eigenvalue weighted by Crippen LogP contribution is 2.29. The van der Waals surface area contributed by atoms with E-state index in [0.29, 0.717) is 22.4 Å². The Labute approximate surface area is 128 Å². The third-order valence-electron chi connectivity index (χ3n) is 3.13. The van der Waals surface area contributed by atoms with Gasteiger partial charge in [0.15, 0.2) is 0 Å². The van der Waals surface area contributed by atoms with Gasteiger partial charge in [-0.15, -0.1) is 0 Å². The van der Waals surface area contributed by atoms with Crippen LogP contribution >= 0.6 is 23.2 Å². The third kappa shape index (κ3) is 4.12. The molecule has 4 heteroatoms. The van der Waals surface area contributed by atoms with Gasteiger partial charge in [-0.2, -0.15) is 0 Å². The molecule has 0 aliphatic carbocycles. The fourth-order valence-corrected chi connectivity index (χ4v) is 2.54. The van der Waals surface area contributed by atoms with Crippen molar-refractivity contribution in [3.8, 4) is 5.75 Å². The van der Waals surface area contributed by atoms with Crippen molar-refractivity contribution in [1.29, 1.82) is 0 Å². The molecule has 2 aromatic carbocycles. The summed E-state index contributed by atoms with van der Waals surface area (Å²) in [5.74, 6) is 0.666. The topological polar surface area (TPSA) is 9.23 Å². The van der Waals surface area contributed by atoms with E-state index in [1.807, 2.05) is 12.1 Å². The maximum Gasteiger partial charge on any atom is 0.123 e. The van der Waals surface area contributed by atoms with Gasteiger partial charge in [0.25, 0.3) is 0 Å². The molecule has 0 amide bonds. The number of hydrogen-bond acceptors (Lipinski definition) is 1. The maximum absolute atomic E-state index is 12.8. The minimum Gasteiger partial charge on any atom is -0.494 e. The highest BCUT2D eigenvalue weighted by molar-refractivity contribution is 6.35. The Morgan fingerprint density at radius 1 is 1.10 bits per heavy atom. The number of ether oxygens (including phenoxy) is 1. The molecule has 1 atom stereocenters. The second-order valence-electron chi connectivity index (χ2n) is 4.66. The van der Waals surface area contributed by atoms with Gasteiger partial charge in [0.05, 0.1) is 6.61 Å². The first-order chi connectivity index (χ1) is 9.56. The van der Waals surface area contributed by atoms with Crippen molar-refractivity contribution in [1.82, 2.24) is 0 Å². The van der Waals surface area contributed by atoms with E-state index in [1.54, 1.807) is 18.2 Å². The zero-order valence-electron chi connectivity index (χ0n) is 11.1. The first-order valence-electron chi connectivity index (χ1n) is 6.39. The van der Waals surface area contributed by atoms with Crippen LogP contribution in [0.3, 0.4) is 0 Å². The highest BCUT2D eigenvalue weighted by Gasteiger charge is 2.10. The fourth-order valence-electron chi connectivity index (χ4n) is 1.94. The van der Waals surface area contributed by atoms with Crippen molar-refractivity contribution in [3.63, 3.8) is 0 Å². The first kappa shape index (κ1) is 15.1. The Morgan fingerprint density at radius 2 is 1.80 bits per heavy atom. The van der Waals surface area contributed by atoms with E-state index in [0.717, 1.165) is 12.0 Å². The van der Waals surface area contributed by atoms with Gasteiger partial charge < -0.3 is 4.74 Å². The highest BCUT2D eigenvalue weighted by atomic mass is 35.5. The van der Waals surface area contributed by atoms with E-state index in [1.165, 1.54) is 12.1 Å². The van der Waals surface area contributed by atoms with Gasteiger partial charge in [-0.05, 0) is 54.3 Å². The maximum atomic E-state index is 12.8. The molecular weight excluding hydrogens is 298 g/mol. The monoisotopic (exact) mass is 312 g/mol. The van der Waals surface area contributed by atoms with E-state index in [2.05, 4.69) is 6.92 Å². The predicted molar refractivity (Wildman–Crippen MR) is 81.4 cm³/mol. The van der Waals surface area contributed by atoms with E-state index in [9.17, 15) is 4.39 Å². The Kier molecular flexibility index (Phi) is 5.27. The van der Waals surface area contributed by atoms with Crippen LogP contribution in [0.25, 0.3) is 0 Å². The molecule has 2 rings (SSSR count). The number of hydrogen-bond donors (Lipinski definition) is 0. The zero-order chi connectivity index (χ0) is 14.5. The van der Waals surface area contributed by atoms with Crippen molar-refractivity contribution in [2.75, 3.05) is 6.61 Å². The molecule has 0 saturated carbocycles. The molecule has 0 aliphatic heterocycles. The molecule has 0 saturated heterocycles. The largest absolute Gasteiger partial charge is 0.494 e. The molecule has 20 heavy (non-hydrogen) atoms. The molecular formula is C16H15Cl2FO. The van der Waals surface area contributed by atoms with E-state index < -0.39 is 0 Å². The summed E-state index contributed by atoms with van der Waals surface area (Å²) in [7, 11) is 0. The molecule has 0 spiro atoms. The summed E-state index contributed by atoms with van der Waals surface area (Å²) in [6, 6.07) is 11.5. The molecule has 2 aromatic rings. The molecule has 0 radical (unpaired) electrons. The van der Waals surface area contributed by atoms with E-state index in [4.69, 9.17) is 27.9 Å². The van der Waals surface area contributed by atoms with Crippen LogP contribution < -0.4 is 4.74 Å². The molecule has 0 aliphatic rings. The second-order valence-corrected chi connectivity index (χ2v) is 5.50. The van der Waals surface area contributed by atoms with Crippen LogP contribution in [0.1, 0.15) is 24.8 Å². The summed E-state index contributed by atoms with van der Waals surface area (Å²) in [4.78, 5) is 0. The smallest absolute Gasteiger partial charge is 0.123 e. The number of rotatable bonds is 5. The van der Waals surface area contributed by atoms with Gasteiger partial charge in [-0.25, -0.2) is 4.39 Å². The van der Waals surface area contributed by atoms with Crippen molar-refractivity contribution in [3.05, 3.63) is 63.9 Å². The summed E-state index contributed by atoms with van der Waals surface area (Å²) in [5.41, 5.74) is 1.05.